The minimum Gasteiger partial charge on any atom is -0.300 e. The second kappa shape index (κ2) is 6.24. The van der Waals surface area contributed by atoms with Gasteiger partial charge < -0.3 is 0 Å². The molecule has 0 N–H and O–H groups in total. The van der Waals surface area contributed by atoms with Crippen LogP contribution in [0.25, 0.3) is 0 Å². The lowest BCUT2D eigenvalue weighted by Gasteiger charge is -2.37. The first-order valence-electron chi connectivity index (χ1n) is 6.96. The highest BCUT2D eigenvalue weighted by atomic mass is 19.1. The third-order valence-electron chi connectivity index (χ3n) is 4.14. The Hall–Kier alpha value is -1.29. The molecule has 104 valence electrons. The molecule has 2 atom stereocenters. The highest BCUT2D eigenvalue weighted by Crippen LogP contribution is 2.22. The van der Waals surface area contributed by atoms with Crippen molar-refractivity contribution in [3.63, 3.8) is 0 Å². The number of halogens is 1. The molecule has 0 aromatic carbocycles. The van der Waals surface area contributed by atoms with Gasteiger partial charge in [0, 0.05) is 19.0 Å². The highest BCUT2D eigenvalue weighted by molar-refractivity contribution is 5.94. The summed E-state index contributed by atoms with van der Waals surface area (Å²) in [6, 6.07) is 3.27. The number of rotatable bonds is 4. The van der Waals surface area contributed by atoms with Crippen LogP contribution in [0, 0.1) is 11.7 Å². The molecule has 0 saturated carbocycles. The Morgan fingerprint density at radius 1 is 1.47 bits per heavy atom. The van der Waals surface area contributed by atoms with Gasteiger partial charge in [-0.25, -0.2) is 4.39 Å². The molecule has 1 saturated heterocycles. The molecule has 0 aliphatic carbocycles. The average molecular weight is 264 g/mol. The van der Waals surface area contributed by atoms with Gasteiger partial charge in [-0.05, 0) is 44.4 Å². The Kier molecular flexibility index (Phi) is 4.64. The summed E-state index contributed by atoms with van der Waals surface area (Å²) < 4.78 is 12.7. The number of ketones is 1. The minimum atomic E-state index is -0.407. The van der Waals surface area contributed by atoms with E-state index in [0.717, 1.165) is 19.3 Å². The second-order valence-electron chi connectivity index (χ2n) is 5.43. The molecule has 4 heteroatoms. The van der Waals surface area contributed by atoms with Gasteiger partial charge in [0.25, 0.3) is 0 Å². The molecule has 2 unspecified atom stereocenters. The Morgan fingerprint density at radius 2 is 2.26 bits per heavy atom. The number of carbonyl (C=O) groups excluding carboxylic acids is 1. The predicted octanol–water partition coefficient (Wildman–Crippen LogP) is 2.91. The van der Waals surface area contributed by atoms with Crippen molar-refractivity contribution in [1.29, 1.82) is 0 Å². The van der Waals surface area contributed by atoms with Crippen molar-refractivity contribution in [2.45, 2.75) is 39.2 Å². The van der Waals surface area contributed by atoms with Crippen molar-refractivity contribution in [3.8, 4) is 0 Å². The fourth-order valence-electron chi connectivity index (χ4n) is 2.65. The second-order valence-corrected chi connectivity index (χ2v) is 5.43. The van der Waals surface area contributed by atoms with Crippen LogP contribution >= 0.6 is 0 Å². The van der Waals surface area contributed by atoms with Crippen LogP contribution in [-0.2, 0) is 0 Å². The number of carbonyl (C=O) groups is 1. The molecular weight excluding hydrogens is 243 g/mol. The van der Waals surface area contributed by atoms with Crippen molar-refractivity contribution in [3.05, 3.63) is 29.8 Å². The van der Waals surface area contributed by atoms with E-state index in [1.807, 2.05) is 0 Å². The van der Waals surface area contributed by atoms with Gasteiger partial charge in [0.15, 0.2) is 5.78 Å². The van der Waals surface area contributed by atoms with E-state index >= 15 is 0 Å². The molecular formula is C15H21FN2O. The van der Waals surface area contributed by atoms with Gasteiger partial charge in [0.05, 0.1) is 6.20 Å². The molecule has 0 bridgehead atoms. The van der Waals surface area contributed by atoms with Crippen LogP contribution in [0.3, 0.4) is 0 Å². The van der Waals surface area contributed by atoms with E-state index in [2.05, 4.69) is 23.7 Å². The zero-order chi connectivity index (χ0) is 13.8. The molecule has 1 aromatic rings. The Labute approximate surface area is 113 Å². The van der Waals surface area contributed by atoms with Crippen LogP contribution in [0.4, 0.5) is 4.39 Å². The van der Waals surface area contributed by atoms with Crippen molar-refractivity contribution in [2.24, 2.45) is 5.92 Å². The maximum absolute atomic E-state index is 12.7. The number of piperidine rings is 1. The third-order valence-corrected chi connectivity index (χ3v) is 4.14. The molecule has 3 nitrogen and oxygen atoms in total. The number of pyridine rings is 1. The minimum absolute atomic E-state index is 0.00886. The van der Waals surface area contributed by atoms with E-state index in [-0.39, 0.29) is 5.78 Å². The van der Waals surface area contributed by atoms with E-state index in [1.165, 1.54) is 25.0 Å². The standard InChI is InChI=1S/C15H21FN2O/c1-11-4-3-8-18(12(11)2)9-7-15(19)14-6-5-13(16)10-17-14/h5-6,10-12H,3-4,7-9H2,1-2H3. The number of aromatic nitrogens is 1. The summed E-state index contributed by atoms with van der Waals surface area (Å²) in [5.74, 6) is 0.272. The smallest absolute Gasteiger partial charge is 0.182 e. The van der Waals surface area contributed by atoms with Crippen molar-refractivity contribution in [1.82, 2.24) is 9.88 Å². The molecule has 1 fully saturated rings. The van der Waals surface area contributed by atoms with Gasteiger partial charge in [0.1, 0.15) is 11.5 Å². The maximum atomic E-state index is 12.7. The number of nitrogens with zero attached hydrogens (tertiary/aromatic N) is 2. The van der Waals surface area contributed by atoms with Gasteiger partial charge in [-0.3, -0.25) is 14.7 Å². The predicted molar refractivity (Wildman–Crippen MR) is 72.6 cm³/mol. The summed E-state index contributed by atoms with van der Waals surface area (Å²) in [6.07, 6.45) is 4.02. The van der Waals surface area contributed by atoms with E-state index in [0.29, 0.717) is 24.1 Å². The lowest BCUT2D eigenvalue weighted by Crippen LogP contribution is -2.43. The number of likely N-dealkylation sites (tertiary alicyclic amines) is 1. The Balaban J connectivity index is 1.88. The topological polar surface area (TPSA) is 33.2 Å². The zero-order valence-corrected chi connectivity index (χ0v) is 11.6. The number of hydrogen-bond donors (Lipinski definition) is 0. The van der Waals surface area contributed by atoms with Gasteiger partial charge in [-0.1, -0.05) is 6.92 Å². The van der Waals surface area contributed by atoms with Gasteiger partial charge >= 0.3 is 0 Å². The van der Waals surface area contributed by atoms with Crippen LogP contribution in [0.15, 0.2) is 18.3 Å². The van der Waals surface area contributed by atoms with E-state index < -0.39 is 5.82 Å². The molecule has 2 heterocycles. The molecule has 1 aromatic heterocycles. The number of Topliss-reactive ketones (excluding diaryl/α,β-unsaturated/α-hetero) is 1. The summed E-state index contributed by atoms with van der Waals surface area (Å²) in [5.41, 5.74) is 0.360. The van der Waals surface area contributed by atoms with E-state index in [9.17, 15) is 9.18 Å². The summed E-state index contributed by atoms with van der Waals surface area (Å²) >= 11 is 0. The van der Waals surface area contributed by atoms with Gasteiger partial charge in [0.2, 0.25) is 0 Å². The SMILES string of the molecule is CC1CCCN(CCC(=O)c2ccc(F)cn2)C1C. The highest BCUT2D eigenvalue weighted by Gasteiger charge is 2.24. The quantitative estimate of drug-likeness (QED) is 0.784. The largest absolute Gasteiger partial charge is 0.300 e. The monoisotopic (exact) mass is 264 g/mol. The van der Waals surface area contributed by atoms with Crippen molar-refractivity contribution >= 4 is 5.78 Å². The van der Waals surface area contributed by atoms with Crippen LogP contribution in [0.1, 0.15) is 43.6 Å². The third kappa shape index (κ3) is 3.60. The van der Waals surface area contributed by atoms with E-state index in [1.54, 1.807) is 0 Å². The van der Waals surface area contributed by atoms with E-state index in [4.69, 9.17) is 0 Å². The lowest BCUT2D eigenvalue weighted by molar-refractivity contribution is 0.0874. The van der Waals surface area contributed by atoms with Gasteiger partial charge in [-0.15, -0.1) is 0 Å². The maximum Gasteiger partial charge on any atom is 0.182 e. The average Bonchev–Trinajstić information content (AvgIpc) is 2.41. The van der Waals surface area contributed by atoms with Gasteiger partial charge in [-0.2, -0.15) is 0 Å². The first-order chi connectivity index (χ1) is 9.08. The first kappa shape index (κ1) is 14.1. The number of hydrogen-bond acceptors (Lipinski definition) is 3. The fraction of sp³-hybridized carbons (Fsp3) is 0.600. The lowest BCUT2D eigenvalue weighted by atomic mass is 9.92. The molecule has 0 amide bonds. The summed E-state index contributed by atoms with van der Waals surface area (Å²) in [4.78, 5) is 18.2. The zero-order valence-electron chi connectivity index (χ0n) is 11.6. The molecule has 19 heavy (non-hydrogen) atoms. The van der Waals surface area contributed by atoms with Crippen molar-refractivity contribution < 1.29 is 9.18 Å². The molecule has 0 spiro atoms. The summed E-state index contributed by atoms with van der Waals surface area (Å²) in [5, 5.41) is 0. The Bertz CT molecular complexity index is 432. The van der Waals surface area contributed by atoms with Crippen LogP contribution in [0.5, 0.6) is 0 Å². The molecule has 1 aliphatic rings. The van der Waals surface area contributed by atoms with Crippen LogP contribution < -0.4 is 0 Å². The Morgan fingerprint density at radius 3 is 2.95 bits per heavy atom. The molecule has 0 radical (unpaired) electrons. The molecule has 2 rings (SSSR count). The summed E-state index contributed by atoms with van der Waals surface area (Å²) in [6.45, 7) is 6.32. The van der Waals surface area contributed by atoms with Crippen molar-refractivity contribution in [2.75, 3.05) is 13.1 Å². The fourth-order valence-corrected chi connectivity index (χ4v) is 2.65. The normalized spacial score (nSPS) is 24.4. The van der Waals surface area contributed by atoms with Crippen LogP contribution in [0.2, 0.25) is 0 Å². The van der Waals surface area contributed by atoms with Crippen LogP contribution in [-0.4, -0.2) is 34.8 Å². The summed E-state index contributed by atoms with van der Waals surface area (Å²) in [7, 11) is 0. The first-order valence-corrected chi connectivity index (χ1v) is 6.96. The molecule has 1 aliphatic heterocycles.